The number of hydrogen-bond donors (Lipinski definition) is 2. The number of amides is 2. The average molecular weight is 510 g/mol. The molecule has 0 saturated carbocycles. The summed E-state index contributed by atoms with van der Waals surface area (Å²) in [5, 5.41) is 6.61. The maximum Gasteiger partial charge on any atom is 0.255 e. The molecule has 3 aromatic rings. The molecule has 2 amide bonds. The van der Waals surface area contributed by atoms with Gasteiger partial charge in [0.05, 0.1) is 17.7 Å². The molecule has 3 rings (SSSR count). The van der Waals surface area contributed by atoms with E-state index in [9.17, 15) is 18.0 Å². The number of nitrogens with zero attached hydrogens (tertiary/aromatic N) is 3. The van der Waals surface area contributed by atoms with E-state index in [4.69, 9.17) is 0 Å². The van der Waals surface area contributed by atoms with Gasteiger partial charge in [-0.3, -0.25) is 9.59 Å². The number of benzene rings is 2. The van der Waals surface area contributed by atoms with E-state index >= 15 is 0 Å². The molecule has 0 spiro atoms. The molecule has 0 aliphatic carbocycles. The summed E-state index contributed by atoms with van der Waals surface area (Å²) >= 11 is 0. The Morgan fingerprint density at radius 3 is 2.31 bits per heavy atom. The van der Waals surface area contributed by atoms with Crippen molar-refractivity contribution in [3.05, 3.63) is 76.6 Å². The summed E-state index contributed by atoms with van der Waals surface area (Å²) in [6.45, 7) is 9.06. The lowest BCUT2D eigenvalue weighted by molar-refractivity contribution is -0.121. The van der Waals surface area contributed by atoms with Gasteiger partial charge in [-0.15, -0.1) is 0 Å². The molecule has 2 N–H and O–H groups in total. The van der Waals surface area contributed by atoms with Crippen LogP contribution in [0.25, 0.3) is 5.69 Å². The molecule has 1 heterocycles. The van der Waals surface area contributed by atoms with E-state index < -0.39 is 22.5 Å². The van der Waals surface area contributed by atoms with Gasteiger partial charge in [-0.05, 0) is 69.7 Å². The van der Waals surface area contributed by atoms with Gasteiger partial charge in [-0.1, -0.05) is 17.7 Å². The topological polar surface area (TPSA) is 113 Å². The third-order valence-corrected chi connectivity index (χ3v) is 7.52. The van der Waals surface area contributed by atoms with Gasteiger partial charge in [-0.25, -0.2) is 13.8 Å². The Labute approximate surface area is 211 Å². The Bertz CT molecular complexity index is 1420. The number of hydrazone groups is 1. The number of likely N-dealkylation sites (N-methyl/N-ethyl adjacent to an activating group) is 1. The van der Waals surface area contributed by atoms with Gasteiger partial charge >= 0.3 is 0 Å². The fraction of sp³-hybridized carbons (Fsp3) is 0.269. The standard InChI is InChI=1S/C26H31N5O4S/c1-17-7-12-25(18(2)13-17)31-19(3)14-22(20(31)4)15-27-29-26(33)16-30(6)36(34,35)24-10-8-23(9-11-24)28-21(5)32/h7-15H,16H2,1-6H3,(H,28,32)(H,29,33)/b27-15-. The van der Waals surface area contributed by atoms with Gasteiger partial charge in [-0.2, -0.15) is 9.41 Å². The van der Waals surface area contributed by atoms with Crippen LogP contribution in [0.2, 0.25) is 0 Å². The summed E-state index contributed by atoms with van der Waals surface area (Å²) in [6, 6.07) is 14.0. The number of hydrogen-bond acceptors (Lipinski definition) is 5. The van der Waals surface area contributed by atoms with Gasteiger partial charge in [0, 0.05) is 42.3 Å². The van der Waals surface area contributed by atoms with E-state index in [0.717, 1.165) is 32.5 Å². The first kappa shape index (κ1) is 26.8. The molecule has 0 saturated heterocycles. The minimum Gasteiger partial charge on any atom is -0.326 e. The Hall–Kier alpha value is -3.76. The molecule has 0 aliphatic rings. The molecule has 0 unspecified atom stereocenters. The third-order valence-electron chi connectivity index (χ3n) is 5.71. The maximum absolute atomic E-state index is 12.8. The molecule has 0 radical (unpaired) electrons. The number of aromatic nitrogens is 1. The lowest BCUT2D eigenvalue weighted by Gasteiger charge is -2.16. The minimum absolute atomic E-state index is 0.00856. The highest BCUT2D eigenvalue weighted by Crippen LogP contribution is 2.23. The summed E-state index contributed by atoms with van der Waals surface area (Å²) in [6.07, 6.45) is 1.55. The van der Waals surface area contributed by atoms with Crippen molar-refractivity contribution in [3.63, 3.8) is 0 Å². The van der Waals surface area contributed by atoms with Crippen molar-refractivity contribution in [2.75, 3.05) is 18.9 Å². The van der Waals surface area contributed by atoms with Crippen LogP contribution in [-0.2, 0) is 19.6 Å². The van der Waals surface area contributed by atoms with E-state index in [-0.39, 0.29) is 10.8 Å². The van der Waals surface area contributed by atoms with E-state index in [1.807, 2.05) is 19.9 Å². The van der Waals surface area contributed by atoms with Crippen LogP contribution in [0.15, 0.2) is 58.5 Å². The third kappa shape index (κ3) is 6.07. The summed E-state index contributed by atoms with van der Waals surface area (Å²) < 4.78 is 28.6. The first-order chi connectivity index (χ1) is 16.9. The van der Waals surface area contributed by atoms with Crippen LogP contribution >= 0.6 is 0 Å². The summed E-state index contributed by atoms with van der Waals surface area (Å²) in [4.78, 5) is 23.5. The highest BCUT2D eigenvalue weighted by Gasteiger charge is 2.23. The smallest absolute Gasteiger partial charge is 0.255 e. The van der Waals surface area contributed by atoms with Crippen molar-refractivity contribution in [1.29, 1.82) is 0 Å². The van der Waals surface area contributed by atoms with Crippen molar-refractivity contribution in [2.45, 2.75) is 39.5 Å². The van der Waals surface area contributed by atoms with Crippen LogP contribution in [0.5, 0.6) is 0 Å². The number of rotatable bonds is 8. The molecule has 0 bridgehead atoms. The maximum atomic E-state index is 12.8. The first-order valence-corrected chi connectivity index (χ1v) is 12.8. The number of carbonyl (C=O) groups excluding carboxylic acids is 2. The Kier molecular flexibility index (Phi) is 8.11. The van der Waals surface area contributed by atoms with Crippen molar-refractivity contribution >= 4 is 33.7 Å². The Balaban J connectivity index is 1.66. The van der Waals surface area contributed by atoms with Crippen molar-refractivity contribution in [1.82, 2.24) is 14.3 Å². The number of nitrogens with one attached hydrogen (secondary N) is 2. The average Bonchev–Trinajstić information content (AvgIpc) is 3.07. The van der Waals surface area contributed by atoms with Gasteiger partial charge in [0.15, 0.2) is 0 Å². The zero-order chi connectivity index (χ0) is 26.6. The molecule has 36 heavy (non-hydrogen) atoms. The van der Waals surface area contributed by atoms with Crippen molar-refractivity contribution in [2.24, 2.45) is 5.10 Å². The molecule has 0 atom stereocenters. The van der Waals surface area contributed by atoms with E-state index in [1.165, 1.54) is 43.8 Å². The van der Waals surface area contributed by atoms with Gasteiger partial charge in [0.2, 0.25) is 15.9 Å². The largest absolute Gasteiger partial charge is 0.326 e. The van der Waals surface area contributed by atoms with Crippen LogP contribution in [-0.4, -0.2) is 48.9 Å². The predicted molar refractivity (Wildman–Crippen MR) is 141 cm³/mol. The molecule has 190 valence electrons. The first-order valence-electron chi connectivity index (χ1n) is 11.3. The van der Waals surface area contributed by atoms with Crippen molar-refractivity contribution < 1.29 is 18.0 Å². The number of anilines is 1. The SMILES string of the molecule is CC(=O)Nc1ccc(S(=O)(=O)N(C)CC(=O)N/N=C\c2cc(C)n(-c3ccc(C)cc3C)c2C)cc1. The molecule has 9 nitrogen and oxygen atoms in total. The zero-order valence-corrected chi connectivity index (χ0v) is 22.1. The number of carbonyl (C=O) groups is 2. The predicted octanol–water partition coefficient (Wildman–Crippen LogP) is 3.44. The summed E-state index contributed by atoms with van der Waals surface area (Å²) in [5.41, 5.74) is 9.15. The van der Waals surface area contributed by atoms with E-state index in [0.29, 0.717) is 5.69 Å². The lowest BCUT2D eigenvalue weighted by Crippen LogP contribution is -2.36. The summed E-state index contributed by atoms with van der Waals surface area (Å²) in [7, 11) is -2.58. The fourth-order valence-electron chi connectivity index (χ4n) is 3.94. The molecule has 0 aliphatic heterocycles. The van der Waals surface area contributed by atoms with Crippen LogP contribution in [0, 0.1) is 27.7 Å². The highest BCUT2D eigenvalue weighted by molar-refractivity contribution is 7.89. The lowest BCUT2D eigenvalue weighted by atomic mass is 10.1. The van der Waals surface area contributed by atoms with Gasteiger partial charge in [0.25, 0.3) is 5.91 Å². The second-order valence-electron chi connectivity index (χ2n) is 8.71. The number of aryl methyl sites for hydroxylation is 3. The van der Waals surface area contributed by atoms with E-state index in [2.05, 4.69) is 52.5 Å². The fourth-order valence-corrected chi connectivity index (χ4v) is 5.06. The van der Waals surface area contributed by atoms with Crippen LogP contribution < -0.4 is 10.7 Å². The monoisotopic (exact) mass is 509 g/mol. The van der Waals surface area contributed by atoms with Gasteiger partial charge < -0.3 is 9.88 Å². The number of sulfonamides is 1. The van der Waals surface area contributed by atoms with Gasteiger partial charge in [0.1, 0.15) is 0 Å². The van der Waals surface area contributed by atoms with E-state index in [1.54, 1.807) is 6.21 Å². The second-order valence-corrected chi connectivity index (χ2v) is 10.8. The van der Waals surface area contributed by atoms with Crippen molar-refractivity contribution in [3.8, 4) is 5.69 Å². The second kappa shape index (κ2) is 10.9. The molecule has 2 aromatic carbocycles. The normalized spacial score (nSPS) is 11.8. The summed E-state index contributed by atoms with van der Waals surface area (Å²) in [5.74, 6) is -0.831. The minimum atomic E-state index is -3.90. The molecule has 10 heteroatoms. The Morgan fingerprint density at radius 1 is 1.03 bits per heavy atom. The highest BCUT2D eigenvalue weighted by atomic mass is 32.2. The molecule has 0 fully saturated rings. The quantitative estimate of drug-likeness (QED) is 0.358. The zero-order valence-electron chi connectivity index (χ0n) is 21.3. The Morgan fingerprint density at radius 2 is 1.69 bits per heavy atom. The molecular weight excluding hydrogens is 478 g/mol. The van der Waals surface area contributed by atoms with Crippen LogP contribution in [0.3, 0.4) is 0 Å². The van der Waals surface area contributed by atoms with Crippen LogP contribution in [0.4, 0.5) is 5.69 Å². The molecule has 1 aromatic heterocycles. The van der Waals surface area contributed by atoms with Crippen LogP contribution in [0.1, 0.15) is 35.0 Å². The molecular formula is C26H31N5O4S.